The van der Waals surface area contributed by atoms with Gasteiger partial charge < -0.3 is 4.90 Å². The summed E-state index contributed by atoms with van der Waals surface area (Å²) in [5.41, 5.74) is 6.16. The number of benzene rings is 2. The highest BCUT2D eigenvalue weighted by Gasteiger charge is 2.19. The molecular weight excluding hydrogens is 362 g/mol. The molecule has 0 saturated heterocycles. The summed E-state index contributed by atoms with van der Waals surface area (Å²) in [4.78, 5) is 2.42. The average Bonchev–Trinajstić information content (AvgIpc) is 2.80. The molecule has 0 aromatic heterocycles. The number of hydrogen-bond acceptors (Lipinski definition) is 1. The van der Waals surface area contributed by atoms with Crippen molar-refractivity contribution in [3.63, 3.8) is 0 Å². The number of anilines is 2. The fourth-order valence-corrected chi connectivity index (χ4v) is 3.73. The van der Waals surface area contributed by atoms with Gasteiger partial charge in [0.15, 0.2) is 0 Å². The fourth-order valence-electron chi connectivity index (χ4n) is 3.73. The Bertz CT molecular complexity index is 1050. The Morgan fingerprint density at radius 3 is 1.70 bits per heavy atom. The third-order valence-corrected chi connectivity index (χ3v) is 5.33. The van der Waals surface area contributed by atoms with Crippen molar-refractivity contribution in [2.45, 2.75) is 19.4 Å². The largest absolute Gasteiger partial charge is 0.334 e. The highest BCUT2D eigenvalue weighted by atomic mass is 15.2. The Kier molecular flexibility index (Phi) is 6.41. The Morgan fingerprint density at radius 1 is 0.600 bits per heavy atom. The maximum atomic E-state index is 2.42. The summed E-state index contributed by atoms with van der Waals surface area (Å²) in [6, 6.07) is 38.6. The van der Waals surface area contributed by atoms with Gasteiger partial charge in [0, 0.05) is 11.4 Å². The second kappa shape index (κ2) is 9.76. The fraction of sp³-hybridized carbons (Fsp3) is 0.103. The van der Waals surface area contributed by atoms with E-state index in [0.717, 1.165) is 6.42 Å². The summed E-state index contributed by atoms with van der Waals surface area (Å²) in [6.07, 6.45) is 7.85. The summed E-state index contributed by atoms with van der Waals surface area (Å²) < 4.78 is 0. The molecule has 0 spiro atoms. The molecule has 1 aliphatic rings. The molecule has 0 saturated carbocycles. The van der Waals surface area contributed by atoms with Crippen molar-refractivity contribution in [2.75, 3.05) is 4.90 Å². The van der Waals surface area contributed by atoms with Gasteiger partial charge in [-0.05, 0) is 48.7 Å². The molecule has 0 radical (unpaired) electrons. The second-order valence-electron chi connectivity index (χ2n) is 7.50. The van der Waals surface area contributed by atoms with Gasteiger partial charge in [-0.25, -0.2) is 0 Å². The zero-order chi connectivity index (χ0) is 20.6. The third kappa shape index (κ3) is 4.87. The molecular formula is C29H27N. The molecule has 0 heterocycles. The molecule has 1 atom stereocenters. The number of rotatable bonds is 4. The summed E-state index contributed by atoms with van der Waals surface area (Å²) >= 11 is 0. The normalized spacial score (nSPS) is 15.1. The summed E-state index contributed by atoms with van der Waals surface area (Å²) in [6.45, 7) is 2.16. The van der Waals surface area contributed by atoms with Crippen LogP contribution in [0.5, 0.6) is 0 Å². The Hall–Kier alpha value is -3.58. The van der Waals surface area contributed by atoms with E-state index in [9.17, 15) is 0 Å². The van der Waals surface area contributed by atoms with Crippen LogP contribution in [0.4, 0.5) is 11.4 Å². The lowest BCUT2D eigenvalue weighted by molar-refractivity contribution is 0.780. The topological polar surface area (TPSA) is 3.24 Å². The second-order valence-corrected chi connectivity index (χ2v) is 7.50. The van der Waals surface area contributed by atoms with Gasteiger partial charge in [-0.3, -0.25) is 0 Å². The van der Waals surface area contributed by atoms with Gasteiger partial charge in [0.1, 0.15) is 0 Å². The van der Waals surface area contributed by atoms with E-state index < -0.39 is 0 Å². The van der Waals surface area contributed by atoms with Crippen molar-refractivity contribution >= 4 is 11.4 Å². The number of nitrogens with zero attached hydrogens (tertiary/aromatic N) is 1. The summed E-state index contributed by atoms with van der Waals surface area (Å²) in [7, 11) is 0. The highest BCUT2D eigenvalue weighted by Crippen LogP contribution is 2.32. The van der Waals surface area contributed by atoms with Crippen LogP contribution in [0.25, 0.3) is 11.1 Å². The van der Waals surface area contributed by atoms with Crippen molar-refractivity contribution in [3.05, 3.63) is 133 Å². The number of hydrogen-bond donors (Lipinski definition) is 0. The first-order valence-corrected chi connectivity index (χ1v) is 10.5. The predicted molar refractivity (Wildman–Crippen MR) is 129 cm³/mol. The van der Waals surface area contributed by atoms with Crippen LogP contribution in [0.15, 0.2) is 133 Å². The van der Waals surface area contributed by atoms with Crippen LogP contribution in [-0.2, 0) is 0 Å². The first kappa shape index (κ1) is 19.7. The van der Waals surface area contributed by atoms with Gasteiger partial charge in [-0.15, -0.1) is 0 Å². The van der Waals surface area contributed by atoms with Crippen LogP contribution >= 0.6 is 0 Å². The van der Waals surface area contributed by atoms with Gasteiger partial charge in [-0.1, -0.05) is 109 Å². The van der Waals surface area contributed by atoms with Gasteiger partial charge in [0.2, 0.25) is 0 Å². The smallest absolute Gasteiger partial charge is 0.0560 e. The minimum atomic E-state index is 0.281. The molecule has 1 unspecified atom stereocenters. The first-order chi connectivity index (χ1) is 14.8. The highest BCUT2D eigenvalue weighted by molar-refractivity contribution is 5.70. The molecule has 30 heavy (non-hydrogen) atoms. The maximum Gasteiger partial charge on any atom is 0.0560 e. The molecule has 0 fully saturated rings. The predicted octanol–water partition coefficient (Wildman–Crippen LogP) is 7.89. The van der Waals surface area contributed by atoms with E-state index in [0.29, 0.717) is 0 Å². The Labute approximate surface area is 180 Å². The van der Waals surface area contributed by atoms with Gasteiger partial charge in [0.05, 0.1) is 6.04 Å². The molecule has 0 bridgehead atoms. The SMILES string of the molecule is CC1=CCC(N(c2ccccccccc2)c2ccc(-c3ccccc3)cc2)C=C1. The molecule has 1 aliphatic carbocycles. The van der Waals surface area contributed by atoms with E-state index in [2.05, 4.69) is 133 Å². The lowest BCUT2D eigenvalue weighted by Gasteiger charge is -2.33. The maximum absolute atomic E-state index is 2.42. The molecule has 1 heteroatoms. The summed E-state index contributed by atoms with van der Waals surface area (Å²) in [5, 5.41) is 0. The van der Waals surface area contributed by atoms with Crippen molar-refractivity contribution in [1.29, 1.82) is 0 Å². The molecule has 4 rings (SSSR count). The molecule has 3 aromatic rings. The van der Waals surface area contributed by atoms with E-state index in [4.69, 9.17) is 0 Å². The minimum Gasteiger partial charge on any atom is -0.334 e. The monoisotopic (exact) mass is 389 g/mol. The molecule has 3 aromatic carbocycles. The Balaban J connectivity index is 1.76. The van der Waals surface area contributed by atoms with Crippen molar-refractivity contribution in [1.82, 2.24) is 0 Å². The van der Waals surface area contributed by atoms with Gasteiger partial charge in [-0.2, -0.15) is 0 Å². The molecule has 0 N–H and O–H groups in total. The molecule has 1 nitrogen and oxygen atoms in total. The van der Waals surface area contributed by atoms with Gasteiger partial charge >= 0.3 is 0 Å². The first-order valence-electron chi connectivity index (χ1n) is 10.5. The van der Waals surface area contributed by atoms with E-state index in [-0.39, 0.29) is 6.04 Å². The van der Waals surface area contributed by atoms with Crippen molar-refractivity contribution in [3.8, 4) is 11.1 Å². The quantitative estimate of drug-likeness (QED) is 0.438. The van der Waals surface area contributed by atoms with E-state index >= 15 is 0 Å². The summed E-state index contributed by atoms with van der Waals surface area (Å²) in [5.74, 6) is 0. The van der Waals surface area contributed by atoms with E-state index in [1.165, 1.54) is 28.1 Å². The van der Waals surface area contributed by atoms with Crippen LogP contribution in [0.1, 0.15) is 13.3 Å². The van der Waals surface area contributed by atoms with Crippen LogP contribution in [0.3, 0.4) is 0 Å². The molecule has 0 aliphatic heterocycles. The van der Waals surface area contributed by atoms with Crippen LogP contribution in [0, 0.1) is 0 Å². The minimum absolute atomic E-state index is 0.281. The lowest BCUT2D eigenvalue weighted by atomic mass is 10.00. The third-order valence-electron chi connectivity index (χ3n) is 5.33. The average molecular weight is 390 g/mol. The lowest BCUT2D eigenvalue weighted by Crippen LogP contribution is -2.29. The van der Waals surface area contributed by atoms with Crippen LogP contribution < -0.4 is 4.90 Å². The van der Waals surface area contributed by atoms with E-state index in [1.54, 1.807) is 0 Å². The number of allylic oxidation sites excluding steroid dienone is 2. The Morgan fingerprint density at radius 2 is 1.10 bits per heavy atom. The molecule has 148 valence electrons. The standard InChI is InChI=1S/C29H27N/c1-24-16-20-28(21-17-24)30(27-14-10-5-3-2-4-6-11-15-27)29-22-18-26(19-23-29)25-12-8-7-9-13-25/h2-20,22-23,28H,21H2,1H3. The van der Waals surface area contributed by atoms with Crippen molar-refractivity contribution < 1.29 is 0 Å². The zero-order valence-corrected chi connectivity index (χ0v) is 17.4. The molecule has 0 amide bonds. The van der Waals surface area contributed by atoms with Crippen molar-refractivity contribution in [2.24, 2.45) is 0 Å². The zero-order valence-electron chi connectivity index (χ0n) is 17.4. The van der Waals surface area contributed by atoms with Crippen LogP contribution in [-0.4, -0.2) is 6.04 Å². The van der Waals surface area contributed by atoms with Crippen LogP contribution in [0.2, 0.25) is 0 Å². The van der Waals surface area contributed by atoms with Gasteiger partial charge in [0.25, 0.3) is 0 Å². The van der Waals surface area contributed by atoms with E-state index in [1.807, 2.05) is 6.07 Å².